The highest BCUT2D eigenvalue weighted by Crippen LogP contribution is 2.29. The average Bonchev–Trinajstić information content (AvgIpc) is 2.76. The molecular weight excluding hydrogens is 378 g/mol. The number of ether oxygens (including phenoxy) is 1. The fourth-order valence-corrected chi connectivity index (χ4v) is 4.72. The standard InChI is InChI=1S/C26H24FOP/c27-23-15-7-8-16-24(23)29-25-17-9-14-22(18-20-10-3-1-4-11-20)26(25)28-19-21-12-5-2-6-13-21/h1-10,12-17,20,29H,11,18-19H2. The SMILES string of the molecule is Fc1ccccc1Pc1cccc(CC2C=CC=CC2)c1OCc1ccccc1. The summed E-state index contributed by atoms with van der Waals surface area (Å²) < 4.78 is 20.6. The summed E-state index contributed by atoms with van der Waals surface area (Å²) in [5.41, 5.74) is 2.31. The highest BCUT2D eigenvalue weighted by atomic mass is 31.1. The molecule has 0 aromatic heterocycles. The molecule has 0 N–H and O–H groups in total. The van der Waals surface area contributed by atoms with E-state index in [-0.39, 0.29) is 14.4 Å². The molecule has 0 radical (unpaired) electrons. The van der Waals surface area contributed by atoms with Crippen LogP contribution in [0.3, 0.4) is 0 Å². The first kappa shape index (κ1) is 19.6. The zero-order chi connectivity index (χ0) is 19.9. The Hall–Kier alpha value is -2.70. The summed E-state index contributed by atoms with van der Waals surface area (Å²) in [6, 6.07) is 23.4. The molecule has 146 valence electrons. The van der Waals surface area contributed by atoms with Crippen molar-refractivity contribution < 1.29 is 9.13 Å². The molecule has 0 bridgehead atoms. The van der Waals surface area contributed by atoms with E-state index in [1.54, 1.807) is 6.07 Å². The van der Waals surface area contributed by atoms with E-state index in [0.717, 1.165) is 34.8 Å². The van der Waals surface area contributed by atoms with Crippen LogP contribution in [0.1, 0.15) is 17.5 Å². The van der Waals surface area contributed by atoms with E-state index in [9.17, 15) is 4.39 Å². The lowest BCUT2D eigenvalue weighted by atomic mass is 9.93. The number of rotatable bonds is 7. The third-order valence-corrected chi connectivity index (χ3v) is 6.36. The van der Waals surface area contributed by atoms with Gasteiger partial charge < -0.3 is 4.74 Å². The smallest absolute Gasteiger partial charge is 0.130 e. The third kappa shape index (κ3) is 5.22. The summed E-state index contributed by atoms with van der Waals surface area (Å²) in [5.74, 6) is 1.21. The Balaban J connectivity index is 1.63. The lowest BCUT2D eigenvalue weighted by Gasteiger charge is -2.19. The number of benzene rings is 3. The first-order chi connectivity index (χ1) is 14.3. The number of allylic oxidation sites excluding steroid dienone is 4. The molecule has 0 aliphatic heterocycles. The lowest BCUT2D eigenvalue weighted by Crippen LogP contribution is -2.14. The van der Waals surface area contributed by atoms with Gasteiger partial charge in [0.25, 0.3) is 0 Å². The van der Waals surface area contributed by atoms with Crippen molar-refractivity contribution in [3.63, 3.8) is 0 Å². The van der Waals surface area contributed by atoms with Crippen LogP contribution in [0.2, 0.25) is 0 Å². The number of para-hydroxylation sites is 1. The Morgan fingerprint density at radius 1 is 0.862 bits per heavy atom. The summed E-state index contributed by atoms with van der Waals surface area (Å²) >= 11 is 0. The maximum atomic E-state index is 14.3. The molecule has 2 unspecified atom stereocenters. The second-order valence-electron chi connectivity index (χ2n) is 7.19. The zero-order valence-electron chi connectivity index (χ0n) is 16.2. The van der Waals surface area contributed by atoms with E-state index >= 15 is 0 Å². The maximum Gasteiger partial charge on any atom is 0.130 e. The quantitative estimate of drug-likeness (QED) is 0.460. The van der Waals surface area contributed by atoms with E-state index in [1.807, 2.05) is 30.3 Å². The Morgan fingerprint density at radius 2 is 1.66 bits per heavy atom. The van der Waals surface area contributed by atoms with Gasteiger partial charge in [0.05, 0.1) is 0 Å². The van der Waals surface area contributed by atoms with Crippen molar-refractivity contribution >= 4 is 19.2 Å². The molecule has 1 aliphatic carbocycles. The largest absolute Gasteiger partial charge is 0.488 e. The van der Waals surface area contributed by atoms with Gasteiger partial charge in [-0.15, -0.1) is 0 Å². The highest BCUT2D eigenvalue weighted by molar-refractivity contribution is 7.55. The first-order valence-electron chi connectivity index (χ1n) is 9.93. The van der Waals surface area contributed by atoms with E-state index in [1.165, 1.54) is 11.6 Å². The monoisotopic (exact) mass is 402 g/mol. The molecule has 29 heavy (non-hydrogen) atoms. The maximum absolute atomic E-state index is 14.3. The molecule has 0 saturated heterocycles. The molecule has 0 amide bonds. The molecule has 2 atom stereocenters. The molecule has 0 heterocycles. The van der Waals surface area contributed by atoms with Gasteiger partial charge in [-0.2, -0.15) is 0 Å². The minimum absolute atomic E-state index is 0.161. The van der Waals surface area contributed by atoms with Crippen LogP contribution in [0.4, 0.5) is 4.39 Å². The second kappa shape index (κ2) is 9.67. The van der Waals surface area contributed by atoms with Crippen LogP contribution >= 0.6 is 8.58 Å². The highest BCUT2D eigenvalue weighted by Gasteiger charge is 2.16. The van der Waals surface area contributed by atoms with E-state index in [4.69, 9.17) is 4.74 Å². The van der Waals surface area contributed by atoms with Crippen molar-refractivity contribution in [1.29, 1.82) is 0 Å². The topological polar surface area (TPSA) is 9.23 Å². The van der Waals surface area contributed by atoms with Crippen LogP contribution in [-0.4, -0.2) is 0 Å². The molecule has 4 rings (SSSR count). The van der Waals surface area contributed by atoms with Crippen LogP contribution < -0.4 is 15.3 Å². The molecule has 3 heteroatoms. The fraction of sp³-hybridized carbons (Fsp3) is 0.154. The van der Waals surface area contributed by atoms with Crippen LogP contribution in [0.15, 0.2) is 97.1 Å². The van der Waals surface area contributed by atoms with Crippen LogP contribution in [-0.2, 0) is 13.0 Å². The van der Waals surface area contributed by atoms with Crippen molar-refractivity contribution in [3.05, 3.63) is 114 Å². The first-order valence-corrected chi connectivity index (χ1v) is 10.9. The number of hydrogen-bond acceptors (Lipinski definition) is 1. The van der Waals surface area contributed by atoms with Gasteiger partial charge in [0.1, 0.15) is 18.2 Å². The molecule has 0 fully saturated rings. The fourth-order valence-electron chi connectivity index (χ4n) is 3.52. The van der Waals surface area contributed by atoms with Gasteiger partial charge in [0.2, 0.25) is 0 Å². The molecular formula is C26H24FOP. The molecule has 0 saturated carbocycles. The number of hydrogen-bond donors (Lipinski definition) is 0. The van der Waals surface area contributed by atoms with Crippen molar-refractivity contribution in [3.8, 4) is 5.75 Å². The van der Waals surface area contributed by atoms with E-state index in [2.05, 4.69) is 54.6 Å². The van der Waals surface area contributed by atoms with Crippen LogP contribution in [0.5, 0.6) is 5.75 Å². The van der Waals surface area contributed by atoms with Crippen molar-refractivity contribution in [1.82, 2.24) is 0 Å². The summed E-state index contributed by atoms with van der Waals surface area (Å²) in [6.45, 7) is 0.507. The van der Waals surface area contributed by atoms with E-state index < -0.39 is 0 Å². The lowest BCUT2D eigenvalue weighted by molar-refractivity contribution is 0.304. The summed E-state index contributed by atoms with van der Waals surface area (Å²) in [4.78, 5) is 0. The predicted octanol–water partition coefficient (Wildman–Crippen LogP) is 5.71. The Kier molecular flexibility index (Phi) is 6.54. The van der Waals surface area contributed by atoms with Gasteiger partial charge in [-0.3, -0.25) is 0 Å². The number of halogens is 1. The van der Waals surface area contributed by atoms with Gasteiger partial charge in [-0.25, -0.2) is 4.39 Å². The Bertz CT molecular complexity index is 1010. The summed E-state index contributed by atoms with van der Waals surface area (Å²) in [7, 11) is 0.218. The van der Waals surface area contributed by atoms with Gasteiger partial charge in [-0.1, -0.05) is 99.6 Å². The molecule has 3 aromatic carbocycles. The minimum atomic E-state index is -0.161. The van der Waals surface area contributed by atoms with E-state index in [0.29, 0.717) is 12.5 Å². The van der Waals surface area contributed by atoms with Crippen molar-refractivity contribution in [2.24, 2.45) is 5.92 Å². The third-order valence-electron chi connectivity index (χ3n) is 5.02. The van der Waals surface area contributed by atoms with Gasteiger partial charge in [-0.05, 0) is 36.0 Å². The van der Waals surface area contributed by atoms with Crippen molar-refractivity contribution in [2.75, 3.05) is 0 Å². The normalized spacial score (nSPS) is 15.8. The minimum Gasteiger partial charge on any atom is -0.488 e. The second-order valence-corrected chi connectivity index (χ2v) is 8.51. The van der Waals surface area contributed by atoms with Gasteiger partial charge in [0, 0.05) is 10.6 Å². The van der Waals surface area contributed by atoms with Gasteiger partial charge in [0.15, 0.2) is 0 Å². The summed E-state index contributed by atoms with van der Waals surface area (Å²) in [5, 5.41) is 1.77. The molecule has 3 aromatic rings. The molecule has 1 nitrogen and oxygen atoms in total. The zero-order valence-corrected chi connectivity index (χ0v) is 17.2. The van der Waals surface area contributed by atoms with Crippen LogP contribution in [0.25, 0.3) is 0 Å². The Morgan fingerprint density at radius 3 is 2.45 bits per heavy atom. The molecule has 1 aliphatic rings. The summed E-state index contributed by atoms with van der Waals surface area (Å²) in [6.07, 6.45) is 10.6. The van der Waals surface area contributed by atoms with Crippen molar-refractivity contribution in [2.45, 2.75) is 19.4 Å². The van der Waals surface area contributed by atoms with Gasteiger partial charge >= 0.3 is 0 Å². The molecule has 0 spiro atoms. The van der Waals surface area contributed by atoms with Crippen LogP contribution in [0, 0.1) is 11.7 Å². The predicted molar refractivity (Wildman–Crippen MR) is 121 cm³/mol. The average molecular weight is 402 g/mol. The Labute approximate surface area is 173 Å².